The number of hydrogen-bond donors (Lipinski definition) is 1. The Balaban J connectivity index is 1.49. The van der Waals surface area contributed by atoms with Crippen molar-refractivity contribution in [2.45, 2.75) is 13.0 Å². The first-order valence-electron chi connectivity index (χ1n) is 9.78. The van der Waals surface area contributed by atoms with Crippen LogP contribution in [0.1, 0.15) is 12.5 Å². The van der Waals surface area contributed by atoms with Crippen LogP contribution in [0.2, 0.25) is 0 Å². The second kappa shape index (κ2) is 9.78. The molecule has 29 heavy (non-hydrogen) atoms. The Labute approximate surface area is 171 Å². The molecule has 152 valence electrons. The number of hydrogen-bond acceptors (Lipinski definition) is 4. The van der Waals surface area contributed by atoms with E-state index in [4.69, 9.17) is 4.74 Å². The monoisotopic (exact) mass is 393 g/mol. The number of benzene rings is 2. The Morgan fingerprint density at radius 1 is 1.03 bits per heavy atom. The average molecular weight is 393 g/mol. The molecular formula is C23H27N3O3. The van der Waals surface area contributed by atoms with Gasteiger partial charge in [-0.1, -0.05) is 36.4 Å². The number of anilines is 1. The van der Waals surface area contributed by atoms with Gasteiger partial charge < -0.3 is 19.9 Å². The van der Waals surface area contributed by atoms with E-state index in [-0.39, 0.29) is 11.8 Å². The Morgan fingerprint density at radius 3 is 2.45 bits per heavy atom. The summed E-state index contributed by atoms with van der Waals surface area (Å²) in [7, 11) is 1.65. The van der Waals surface area contributed by atoms with E-state index in [0.29, 0.717) is 13.1 Å². The second-order valence-electron chi connectivity index (χ2n) is 6.99. The lowest BCUT2D eigenvalue weighted by atomic mass is 10.2. The lowest BCUT2D eigenvalue weighted by Crippen LogP contribution is -2.54. The van der Waals surface area contributed by atoms with Gasteiger partial charge in [0.05, 0.1) is 7.11 Å². The summed E-state index contributed by atoms with van der Waals surface area (Å²) in [6.45, 7) is 4.46. The number of carbonyl (C=O) groups is 2. The smallest absolute Gasteiger partial charge is 0.244 e. The zero-order valence-electron chi connectivity index (χ0n) is 16.9. The van der Waals surface area contributed by atoms with Crippen LogP contribution in [0.4, 0.5) is 5.69 Å². The number of amides is 2. The number of ether oxygens (including phenoxy) is 1. The summed E-state index contributed by atoms with van der Waals surface area (Å²) in [6.07, 6.45) is 3.19. The number of nitrogens with zero attached hydrogens (tertiary/aromatic N) is 2. The quantitative estimate of drug-likeness (QED) is 0.767. The first-order valence-corrected chi connectivity index (χ1v) is 9.78. The van der Waals surface area contributed by atoms with Crippen molar-refractivity contribution in [3.63, 3.8) is 0 Å². The van der Waals surface area contributed by atoms with Gasteiger partial charge in [-0.3, -0.25) is 9.59 Å². The highest BCUT2D eigenvalue weighted by Gasteiger charge is 2.25. The van der Waals surface area contributed by atoms with Gasteiger partial charge in [0.15, 0.2) is 0 Å². The molecule has 1 heterocycles. The zero-order chi connectivity index (χ0) is 20.6. The summed E-state index contributed by atoms with van der Waals surface area (Å²) in [5.74, 6) is 0.488. The minimum Gasteiger partial charge on any atom is -0.497 e. The number of methoxy groups -OCH3 is 1. The van der Waals surface area contributed by atoms with Gasteiger partial charge in [-0.2, -0.15) is 0 Å². The maximum absolute atomic E-state index is 12.7. The van der Waals surface area contributed by atoms with Gasteiger partial charge in [-0.15, -0.1) is 0 Å². The van der Waals surface area contributed by atoms with Gasteiger partial charge in [-0.05, 0) is 30.7 Å². The zero-order valence-corrected chi connectivity index (χ0v) is 16.9. The SMILES string of the molecule is COc1cccc(N2CCN(C(=O)C(C)NC(=O)C=Cc3ccccc3)CC2)c1. The summed E-state index contributed by atoms with van der Waals surface area (Å²) in [4.78, 5) is 28.9. The average Bonchev–Trinajstić information content (AvgIpc) is 2.78. The number of piperazine rings is 1. The van der Waals surface area contributed by atoms with Crippen LogP contribution in [-0.2, 0) is 9.59 Å². The molecule has 1 aliphatic heterocycles. The van der Waals surface area contributed by atoms with Gasteiger partial charge >= 0.3 is 0 Å². The van der Waals surface area contributed by atoms with E-state index in [0.717, 1.165) is 30.1 Å². The van der Waals surface area contributed by atoms with Gasteiger partial charge in [0.1, 0.15) is 11.8 Å². The van der Waals surface area contributed by atoms with Gasteiger partial charge in [-0.25, -0.2) is 0 Å². The molecule has 1 atom stereocenters. The third kappa shape index (κ3) is 5.60. The van der Waals surface area contributed by atoms with Crippen molar-refractivity contribution < 1.29 is 14.3 Å². The fraction of sp³-hybridized carbons (Fsp3) is 0.304. The molecule has 0 aliphatic carbocycles. The van der Waals surface area contributed by atoms with E-state index in [1.807, 2.05) is 59.5 Å². The normalized spacial score (nSPS) is 15.2. The second-order valence-corrected chi connectivity index (χ2v) is 6.99. The highest BCUT2D eigenvalue weighted by Crippen LogP contribution is 2.22. The fourth-order valence-electron chi connectivity index (χ4n) is 3.33. The van der Waals surface area contributed by atoms with E-state index in [1.54, 1.807) is 20.1 Å². The molecule has 6 heteroatoms. The van der Waals surface area contributed by atoms with Crippen LogP contribution < -0.4 is 15.0 Å². The Bertz CT molecular complexity index is 859. The summed E-state index contributed by atoms with van der Waals surface area (Å²) in [6, 6.07) is 16.9. The standard InChI is InChI=1S/C23H27N3O3/c1-18(24-22(27)12-11-19-7-4-3-5-8-19)23(28)26-15-13-25(14-16-26)20-9-6-10-21(17-20)29-2/h3-12,17-18H,13-16H2,1-2H3,(H,24,27). The van der Waals surface area contributed by atoms with Crippen molar-refractivity contribution in [1.82, 2.24) is 10.2 Å². The molecule has 1 aliphatic rings. The Morgan fingerprint density at radius 2 is 1.76 bits per heavy atom. The molecule has 0 bridgehead atoms. The highest BCUT2D eigenvalue weighted by molar-refractivity contribution is 5.95. The Hall–Kier alpha value is -3.28. The predicted octanol–water partition coefficient (Wildman–Crippen LogP) is 2.56. The number of carbonyl (C=O) groups excluding carboxylic acids is 2. The highest BCUT2D eigenvalue weighted by atomic mass is 16.5. The largest absolute Gasteiger partial charge is 0.497 e. The molecule has 2 aromatic carbocycles. The van der Waals surface area contributed by atoms with Crippen molar-refractivity contribution in [3.8, 4) is 5.75 Å². The summed E-state index contributed by atoms with van der Waals surface area (Å²) in [5.41, 5.74) is 2.03. The van der Waals surface area contributed by atoms with Crippen molar-refractivity contribution in [1.29, 1.82) is 0 Å². The topological polar surface area (TPSA) is 61.9 Å². The number of rotatable bonds is 6. The number of nitrogens with one attached hydrogen (secondary N) is 1. The molecule has 1 saturated heterocycles. The van der Waals surface area contributed by atoms with Crippen LogP contribution in [0.5, 0.6) is 5.75 Å². The van der Waals surface area contributed by atoms with Crippen molar-refractivity contribution >= 4 is 23.6 Å². The van der Waals surface area contributed by atoms with E-state index in [2.05, 4.69) is 10.2 Å². The van der Waals surface area contributed by atoms with Crippen LogP contribution in [0.15, 0.2) is 60.7 Å². The van der Waals surface area contributed by atoms with E-state index in [9.17, 15) is 9.59 Å². The van der Waals surface area contributed by atoms with Crippen LogP contribution in [0.25, 0.3) is 6.08 Å². The van der Waals surface area contributed by atoms with Crippen molar-refractivity contribution in [2.24, 2.45) is 0 Å². The molecule has 1 unspecified atom stereocenters. The summed E-state index contributed by atoms with van der Waals surface area (Å²) in [5, 5.41) is 2.76. The molecule has 0 radical (unpaired) electrons. The van der Waals surface area contributed by atoms with Crippen molar-refractivity contribution in [3.05, 3.63) is 66.2 Å². The van der Waals surface area contributed by atoms with Crippen LogP contribution >= 0.6 is 0 Å². The van der Waals surface area contributed by atoms with E-state index < -0.39 is 6.04 Å². The van der Waals surface area contributed by atoms with Crippen LogP contribution in [0.3, 0.4) is 0 Å². The summed E-state index contributed by atoms with van der Waals surface area (Å²) < 4.78 is 5.28. The fourth-order valence-corrected chi connectivity index (χ4v) is 3.33. The third-order valence-electron chi connectivity index (χ3n) is 4.97. The lowest BCUT2D eigenvalue weighted by Gasteiger charge is -2.37. The van der Waals surface area contributed by atoms with Crippen LogP contribution in [-0.4, -0.2) is 56.0 Å². The minimum atomic E-state index is -0.564. The first-order chi connectivity index (χ1) is 14.1. The lowest BCUT2D eigenvalue weighted by molar-refractivity contribution is -0.135. The van der Waals surface area contributed by atoms with E-state index in [1.165, 1.54) is 6.08 Å². The molecule has 1 N–H and O–H groups in total. The van der Waals surface area contributed by atoms with Crippen LogP contribution in [0, 0.1) is 0 Å². The molecule has 6 nitrogen and oxygen atoms in total. The predicted molar refractivity (Wildman–Crippen MR) is 115 cm³/mol. The molecule has 0 saturated carbocycles. The van der Waals surface area contributed by atoms with Gasteiger partial charge in [0, 0.05) is 44.0 Å². The molecular weight excluding hydrogens is 366 g/mol. The maximum atomic E-state index is 12.7. The maximum Gasteiger partial charge on any atom is 0.244 e. The molecule has 0 spiro atoms. The van der Waals surface area contributed by atoms with Gasteiger partial charge in [0.2, 0.25) is 11.8 Å². The van der Waals surface area contributed by atoms with Crippen molar-refractivity contribution in [2.75, 3.05) is 38.2 Å². The summed E-state index contributed by atoms with van der Waals surface area (Å²) >= 11 is 0. The molecule has 2 amide bonds. The third-order valence-corrected chi connectivity index (χ3v) is 4.97. The molecule has 1 fully saturated rings. The van der Waals surface area contributed by atoms with Gasteiger partial charge in [0.25, 0.3) is 0 Å². The van der Waals surface area contributed by atoms with E-state index >= 15 is 0 Å². The Kier molecular flexibility index (Phi) is 6.89. The first kappa shape index (κ1) is 20.5. The molecule has 0 aromatic heterocycles. The minimum absolute atomic E-state index is 0.0586. The molecule has 2 aromatic rings. The molecule has 3 rings (SSSR count).